The minimum Gasteiger partial charge on any atom is -0.497 e. The highest BCUT2D eigenvalue weighted by Gasteiger charge is 2.55. The van der Waals surface area contributed by atoms with Crippen molar-refractivity contribution < 1.29 is 33.4 Å². The molecule has 0 bridgehead atoms. The number of carbonyl (C=O) groups excluding carboxylic acids is 4. The Morgan fingerprint density at radius 1 is 1.00 bits per heavy atom. The molecule has 1 saturated heterocycles. The van der Waals surface area contributed by atoms with Gasteiger partial charge < -0.3 is 19.1 Å². The number of hydrogen-bond acceptors (Lipinski definition) is 8. The van der Waals surface area contributed by atoms with Crippen LogP contribution < -0.4 is 9.64 Å². The first-order valence-electron chi connectivity index (χ1n) is 11.8. The van der Waals surface area contributed by atoms with E-state index in [2.05, 4.69) is 0 Å². The number of amides is 2. The number of carbonyl (C=O) groups is 4. The molecule has 2 amide bonds. The van der Waals surface area contributed by atoms with E-state index in [-0.39, 0.29) is 31.4 Å². The molecular weight excluding hydrogens is 496 g/mol. The summed E-state index contributed by atoms with van der Waals surface area (Å²) in [6, 6.07) is 15.3. The largest absolute Gasteiger partial charge is 0.497 e. The molecule has 4 rings (SSSR count). The van der Waals surface area contributed by atoms with Crippen molar-refractivity contribution in [2.75, 3.05) is 18.6 Å². The molecule has 2 unspecified atom stereocenters. The van der Waals surface area contributed by atoms with Crippen molar-refractivity contribution in [2.24, 2.45) is 0 Å². The summed E-state index contributed by atoms with van der Waals surface area (Å²) in [5.41, 5.74) is 1.82. The molecule has 3 atom stereocenters. The maximum atomic E-state index is 13.2. The SMILES string of the molecule is CCC(=O)OCC1=CN2C(=O)C(N(C(C)=O)c3ccccc3)[C@H]2SC1C(=O)OCc1ccc(OC)cc1. The molecule has 1 fully saturated rings. The predicted octanol–water partition coefficient (Wildman–Crippen LogP) is 3.28. The fourth-order valence-electron chi connectivity index (χ4n) is 4.12. The van der Waals surface area contributed by atoms with E-state index in [1.165, 1.54) is 28.5 Å². The van der Waals surface area contributed by atoms with Crippen molar-refractivity contribution in [2.45, 2.75) is 43.5 Å². The summed E-state index contributed by atoms with van der Waals surface area (Å²) in [4.78, 5) is 53.6. The highest BCUT2D eigenvalue weighted by Crippen LogP contribution is 2.44. The Bertz CT molecular complexity index is 1200. The summed E-state index contributed by atoms with van der Waals surface area (Å²) in [6.07, 6.45) is 1.73. The fourth-order valence-corrected chi connectivity index (χ4v) is 5.57. The maximum absolute atomic E-state index is 13.2. The third-order valence-electron chi connectivity index (χ3n) is 6.06. The summed E-state index contributed by atoms with van der Waals surface area (Å²) >= 11 is 1.21. The van der Waals surface area contributed by atoms with Crippen LogP contribution in [0.3, 0.4) is 0 Å². The van der Waals surface area contributed by atoms with E-state index >= 15 is 0 Å². The van der Waals surface area contributed by atoms with Crippen LogP contribution in [0, 0.1) is 0 Å². The summed E-state index contributed by atoms with van der Waals surface area (Å²) in [5, 5.41) is -1.31. The lowest BCUT2D eigenvalue weighted by molar-refractivity contribution is -0.147. The van der Waals surface area contributed by atoms with Gasteiger partial charge in [0.05, 0.1) is 7.11 Å². The van der Waals surface area contributed by atoms with E-state index in [4.69, 9.17) is 14.2 Å². The number of ether oxygens (including phenoxy) is 3. The fraction of sp³-hybridized carbons (Fsp3) is 0.333. The van der Waals surface area contributed by atoms with Crippen LogP contribution in [0.25, 0.3) is 0 Å². The summed E-state index contributed by atoms with van der Waals surface area (Å²) in [5.74, 6) is -0.810. The molecule has 0 aliphatic carbocycles. The molecule has 0 saturated carbocycles. The van der Waals surface area contributed by atoms with Crippen molar-refractivity contribution in [1.29, 1.82) is 0 Å². The highest BCUT2D eigenvalue weighted by molar-refractivity contribution is 8.01. The third kappa shape index (κ3) is 5.64. The lowest BCUT2D eigenvalue weighted by Crippen LogP contribution is -2.70. The Morgan fingerprint density at radius 2 is 1.70 bits per heavy atom. The number of anilines is 1. The van der Waals surface area contributed by atoms with Gasteiger partial charge in [-0.1, -0.05) is 37.3 Å². The average molecular weight is 525 g/mol. The van der Waals surface area contributed by atoms with E-state index in [0.717, 1.165) is 5.56 Å². The van der Waals surface area contributed by atoms with Gasteiger partial charge in [0.2, 0.25) is 5.91 Å². The first kappa shape index (κ1) is 26.3. The van der Waals surface area contributed by atoms with Crippen LogP contribution in [0.15, 0.2) is 66.4 Å². The Hall–Kier alpha value is -3.79. The van der Waals surface area contributed by atoms with Gasteiger partial charge in [0, 0.05) is 30.8 Å². The third-order valence-corrected chi connectivity index (χ3v) is 7.59. The lowest BCUT2D eigenvalue weighted by Gasteiger charge is -2.52. The van der Waals surface area contributed by atoms with Crippen LogP contribution in [0.4, 0.5) is 5.69 Å². The molecule has 2 aliphatic rings. The maximum Gasteiger partial charge on any atom is 0.323 e. The summed E-state index contributed by atoms with van der Waals surface area (Å²) in [7, 11) is 1.57. The van der Waals surface area contributed by atoms with Crippen LogP contribution in [-0.2, 0) is 35.3 Å². The molecule has 0 spiro atoms. The number of esters is 2. The molecular formula is C27H28N2O7S. The molecule has 9 nitrogen and oxygen atoms in total. The van der Waals surface area contributed by atoms with Crippen molar-refractivity contribution in [3.05, 3.63) is 71.9 Å². The van der Waals surface area contributed by atoms with Gasteiger partial charge >= 0.3 is 11.9 Å². The number of β-lactam (4-membered cyclic amide) rings is 1. The molecule has 2 aromatic carbocycles. The molecule has 0 aromatic heterocycles. The highest BCUT2D eigenvalue weighted by atomic mass is 32.2. The standard InChI is InChI=1S/C27H28N2O7S/c1-4-22(31)35-16-19-14-28-25(32)23(29(17(2)30)20-8-6-5-7-9-20)26(28)37-24(19)27(33)36-15-18-10-12-21(34-3)13-11-18/h5-14,23-24,26H,4,15-16H2,1-3H3/t23?,24?,26-/m1/s1. The molecule has 2 aromatic rings. The lowest BCUT2D eigenvalue weighted by atomic mass is 10.0. The Balaban J connectivity index is 1.55. The van der Waals surface area contributed by atoms with Gasteiger partial charge in [0.1, 0.15) is 35.6 Å². The number of thioether (sulfide) groups is 1. The van der Waals surface area contributed by atoms with Crippen LogP contribution in [0.2, 0.25) is 0 Å². The second-order valence-electron chi connectivity index (χ2n) is 8.50. The second kappa shape index (κ2) is 11.5. The zero-order valence-electron chi connectivity index (χ0n) is 20.8. The molecule has 37 heavy (non-hydrogen) atoms. The normalized spacial score (nSPS) is 20.2. The van der Waals surface area contributed by atoms with Gasteiger partial charge in [-0.15, -0.1) is 11.8 Å². The average Bonchev–Trinajstić information content (AvgIpc) is 2.93. The molecule has 0 N–H and O–H groups in total. The zero-order valence-corrected chi connectivity index (χ0v) is 21.6. The van der Waals surface area contributed by atoms with Crippen molar-refractivity contribution in [1.82, 2.24) is 4.90 Å². The second-order valence-corrected chi connectivity index (χ2v) is 9.72. The molecule has 0 radical (unpaired) electrons. The first-order chi connectivity index (χ1) is 17.8. The van der Waals surface area contributed by atoms with Gasteiger partial charge in [0.25, 0.3) is 5.91 Å². The van der Waals surface area contributed by atoms with E-state index in [1.807, 2.05) is 6.07 Å². The van der Waals surface area contributed by atoms with Crippen LogP contribution in [-0.4, -0.2) is 59.0 Å². The minimum absolute atomic E-state index is 0.0439. The smallest absolute Gasteiger partial charge is 0.323 e. The molecule has 194 valence electrons. The summed E-state index contributed by atoms with van der Waals surface area (Å²) in [6.45, 7) is 2.98. The van der Waals surface area contributed by atoms with Crippen molar-refractivity contribution >= 4 is 41.2 Å². The minimum atomic E-state index is -0.815. The monoisotopic (exact) mass is 524 g/mol. The van der Waals surface area contributed by atoms with Crippen molar-refractivity contribution in [3.8, 4) is 5.75 Å². The van der Waals surface area contributed by atoms with Gasteiger partial charge in [-0.3, -0.25) is 24.1 Å². The molecule has 2 aliphatic heterocycles. The van der Waals surface area contributed by atoms with Crippen LogP contribution >= 0.6 is 11.8 Å². The predicted molar refractivity (Wildman–Crippen MR) is 138 cm³/mol. The number of benzene rings is 2. The molecule has 2 heterocycles. The van der Waals surface area contributed by atoms with E-state index in [9.17, 15) is 19.2 Å². The van der Waals surface area contributed by atoms with E-state index in [1.54, 1.807) is 68.8 Å². The number of nitrogens with zero attached hydrogens (tertiary/aromatic N) is 2. The number of methoxy groups -OCH3 is 1. The van der Waals surface area contributed by atoms with Crippen LogP contribution in [0.1, 0.15) is 25.8 Å². The van der Waals surface area contributed by atoms with E-state index < -0.39 is 28.6 Å². The Labute approximate surface area is 219 Å². The van der Waals surface area contributed by atoms with Gasteiger partial charge in [0.15, 0.2) is 0 Å². The van der Waals surface area contributed by atoms with Crippen molar-refractivity contribution in [3.63, 3.8) is 0 Å². The number of hydrogen-bond donors (Lipinski definition) is 0. The molecule has 10 heteroatoms. The quantitative estimate of drug-likeness (QED) is 0.364. The number of rotatable bonds is 9. The topological polar surface area (TPSA) is 102 Å². The number of para-hydroxylation sites is 1. The first-order valence-corrected chi connectivity index (χ1v) is 12.8. The van der Waals surface area contributed by atoms with Gasteiger partial charge in [-0.05, 0) is 29.8 Å². The Kier molecular flexibility index (Phi) is 8.17. The Morgan fingerprint density at radius 3 is 2.32 bits per heavy atom. The zero-order chi connectivity index (χ0) is 26.5. The van der Waals surface area contributed by atoms with Gasteiger partial charge in [-0.2, -0.15) is 0 Å². The van der Waals surface area contributed by atoms with Gasteiger partial charge in [-0.25, -0.2) is 0 Å². The summed E-state index contributed by atoms with van der Waals surface area (Å²) < 4.78 is 16.0. The number of fused-ring (bicyclic) bond motifs is 1. The van der Waals surface area contributed by atoms with Crippen LogP contribution in [0.5, 0.6) is 5.75 Å². The van der Waals surface area contributed by atoms with E-state index in [0.29, 0.717) is 17.0 Å².